The lowest BCUT2D eigenvalue weighted by atomic mass is 10.0. The molecule has 0 aliphatic rings. The van der Waals surface area contributed by atoms with Crippen molar-refractivity contribution in [1.82, 2.24) is 0 Å². The van der Waals surface area contributed by atoms with E-state index in [1.54, 1.807) is 0 Å². The molecule has 0 radical (unpaired) electrons. The van der Waals surface area contributed by atoms with Crippen molar-refractivity contribution in [3.8, 4) is 0 Å². The summed E-state index contributed by atoms with van der Waals surface area (Å²) >= 11 is 0. The Morgan fingerprint density at radius 2 is 0.526 bits per heavy atom. The Bertz CT molecular complexity index is 1660. The lowest BCUT2D eigenvalue weighted by molar-refractivity contribution is -0.161. The standard InChI is InChI=1S/C71H114O5/c1-3-5-7-9-11-13-15-17-19-21-23-25-27-28-29-30-31-32-33-34-35-36-37-38-39-40-41-42-44-46-48-50-52-54-56-58-60-62-64-66-71(74)76-69(67-72)68-75-70(73)65-63-61-59-57-55-53-51-49-47-45-43-26-24-22-20-18-16-14-12-10-8-6-4-2/h5-8,11-14,17-20,23-26,28-29,31-32,34-35,37-38,45,47,69,72H,3-4,9-10,15-16,21-22,27,30,33,36,39-44,46,48-68H2,1-2H3/b7-5-,8-6-,13-11-,14-12-,19-17-,20-18-,25-23-,26-24-,29-28-,32-31-,35-34-,38-37-,47-45-. The Hall–Kier alpha value is -4.48. The van der Waals surface area contributed by atoms with Gasteiger partial charge in [0.15, 0.2) is 6.10 Å². The summed E-state index contributed by atoms with van der Waals surface area (Å²) in [6.07, 6.45) is 99.4. The Kier molecular flexibility index (Phi) is 61.0. The van der Waals surface area contributed by atoms with E-state index in [0.717, 1.165) is 128 Å². The largest absolute Gasteiger partial charge is 0.462 e. The summed E-state index contributed by atoms with van der Waals surface area (Å²) in [5, 5.41) is 9.67. The number of ether oxygens (including phenoxy) is 2. The van der Waals surface area contributed by atoms with Crippen molar-refractivity contribution in [3.05, 3.63) is 158 Å². The lowest BCUT2D eigenvalue weighted by Crippen LogP contribution is -2.28. The van der Waals surface area contributed by atoms with E-state index in [9.17, 15) is 14.7 Å². The van der Waals surface area contributed by atoms with Crippen molar-refractivity contribution in [3.63, 3.8) is 0 Å². The first-order valence-electron chi connectivity index (χ1n) is 31.0. The molecule has 1 atom stereocenters. The molecule has 0 saturated heterocycles. The molecule has 0 aromatic carbocycles. The fraction of sp³-hybridized carbons (Fsp3) is 0.606. The van der Waals surface area contributed by atoms with Crippen molar-refractivity contribution in [2.75, 3.05) is 13.2 Å². The van der Waals surface area contributed by atoms with Gasteiger partial charge in [-0.05, 0) is 122 Å². The van der Waals surface area contributed by atoms with Gasteiger partial charge < -0.3 is 14.6 Å². The van der Waals surface area contributed by atoms with Crippen molar-refractivity contribution in [2.45, 2.75) is 264 Å². The van der Waals surface area contributed by atoms with Gasteiger partial charge in [0.1, 0.15) is 6.61 Å². The normalized spacial score (nSPS) is 13.4. The number of carbonyl (C=O) groups excluding carboxylic acids is 2. The van der Waals surface area contributed by atoms with Crippen molar-refractivity contribution in [1.29, 1.82) is 0 Å². The number of esters is 2. The molecular formula is C71H114O5. The second-order valence-corrected chi connectivity index (χ2v) is 20.0. The molecule has 5 heteroatoms. The fourth-order valence-corrected chi connectivity index (χ4v) is 8.25. The summed E-state index contributed by atoms with van der Waals surface area (Å²) in [6.45, 7) is 3.90. The Morgan fingerprint density at radius 1 is 0.303 bits per heavy atom. The number of rotatable bonds is 55. The van der Waals surface area contributed by atoms with Crippen molar-refractivity contribution in [2.24, 2.45) is 0 Å². The zero-order valence-corrected chi connectivity index (χ0v) is 49.0. The molecule has 0 aromatic heterocycles. The second kappa shape index (κ2) is 64.8. The van der Waals surface area contributed by atoms with Crippen LogP contribution in [-0.2, 0) is 19.1 Å². The highest BCUT2D eigenvalue weighted by atomic mass is 16.6. The van der Waals surface area contributed by atoms with E-state index in [-0.39, 0.29) is 25.2 Å². The van der Waals surface area contributed by atoms with Gasteiger partial charge in [-0.15, -0.1) is 0 Å². The number of hydrogen-bond acceptors (Lipinski definition) is 5. The van der Waals surface area contributed by atoms with E-state index in [1.807, 2.05) is 0 Å². The highest BCUT2D eigenvalue weighted by Gasteiger charge is 2.16. The van der Waals surface area contributed by atoms with E-state index in [1.165, 1.54) is 103 Å². The lowest BCUT2D eigenvalue weighted by Gasteiger charge is -2.15. The number of unbranched alkanes of at least 4 members (excludes halogenated alkanes) is 21. The molecule has 5 nitrogen and oxygen atoms in total. The van der Waals surface area contributed by atoms with E-state index >= 15 is 0 Å². The molecule has 1 N–H and O–H groups in total. The summed E-state index contributed by atoms with van der Waals surface area (Å²) < 4.78 is 10.7. The molecule has 0 aliphatic heterocycles. The highest BCUT2D eigenvalue weighted by molar-refractivity contribution is 5.70. The van der Waals surface area contributed by atoms with E-state index in [0.29, 0.717) is 12.8 Å². The van der Waals surface area contributed by atoms with Gasteiger partial charge >= 0.3 is 11.9 Å². The fourth-order valence-electron chi connectivity index (χ4n) is 8.25. The van der Waals surface area contributed by atoms with Crippen LogP contribution < -0.4 is 0 Å². The quantitative estimate of drug-likeness (QED) is 0.0373. The molecule has 0 spiro atoms. The van der Waals surface area contributed by atoms with Crippen LogP contribution in [0, 0.1) is 0 Å². The van der Waals surface area contributed by atoms with Crippen LogP contribution in [0.3, 0.4) is 0 Å². The number of carbonyl (C=O) groups is 2. The maximum Gasteiger partial charge on any atom is 0.306 e. The van der Waals surface area contributed by atoms with Gasteiger partial charge in [-0.2, -0.15) is 0 Å². The van der Waals surface area contributed by atoms with Gasteiger partial charge in [-0.25, -0.2) is 0 Å². The molecule has 0 rings (SSSR count). The molecule has 0 heterocycles. The van der Waals surface area contributed by atoms with Crippen LogP contribution >= 0.6 is 0 Å². The van der Waals surface area contributed by atoms with E-state index in [4.69, 9.17) is 9.47 Å². The van der Waals surface area contributed by atoms with Crippen LogP contribution in [0.25, 0.3) is 0 Å². The first-order chi connectivity index (χ1) is 37.6. The van der Waals surface area contributed by atoms with Gasteiger partial charge in [0, 0.05) is 12.8 Å². The smallest absolute Gasteiger partial charge is 0.306 e. The van der Waals surface area contributed by atoms with Gasteiger partial charge in [-0.3, -0.25) is 9.59 Å². The minimum Gasteiger partial charge on any atom is -0.462 e. The number of allylic oxidation sites excluding steroid dienone is 26. The van der Waals surface area contributed by atoms with Gasteiger partial charge in [0.25, 0.3) is 0 Å². The number of aliphatic hydroxyl groups excluding tert-OH is 1. The first-order valence-corrected chi connectivity index (χ1v) is 31.0. The van der Waals surface area contributed by atoms with Crippen LogP contribution in [0.2, 0.25) is 0 Å². The molecule has 0 saturated carbocycles. The van der Waals surface area contributed by atoms with Gasteiger partial charge in [-0.1, -0.05) is 281 Å². The number of aliphatic hydroxyl groups is 1. The molecule has 0 fully saturated rings. The molecule has 76 heavy (non-hydrogen) atoms. The molecule has 428 valence electrons. The Morgan fingerprint density at radius 3 is 0.789 bits per heavy atom. The highest BCUT2D eigenvalue weighted by Crippen LogP contribution is 2.15. The predicted octanol–water partition coefficient (Wildman–Crippen LogP) is 21.5. The SMILES string of the molecule is CC/C=C\C/C=C\C/C=C\C/C=C\C/C=C\C/C=C\C/C=C\C/C=C\CCCCCCCCCCCCCCCCC(=O)OC(CO)COC(=O)CCCCCCCCC/C=C\C/C=C\C/C=C\C/C=C\C/C=C\CC. The predicted molar refractivity (Wildman–Crippen MR) is 334 cm³/mol. The third-order valence-corrected chi connectivity index (χ3v) is 12.8. The minimum atomic E-state index is -0.789. The van der Waals surface area contributed by atoms with Crippen molar-refractivity contribution >= 4 is 11.9 Å². The summed E-state index contributed by atoms with van der Waals surface area (Å²) in [5.41, 5.74) is 0. The topological polar surface area (TPSA) is 72.8 Å². The third kappa shape index (κ3) is 62.1. The van der Waals surface area contributed by atoms with E-state index in [2.05, 4.69) is 172 Å². The first kappa shape index (κ1) is 71.5. The zero-order chi connectivity index (χ0) is 54.8. The van der Waals surface area contributed by atoms with Crippen LogP contribution in [0.1, 0.15) is 258 Å². The minimum absolute atomic E-state index is 0.0798. The average molecular weight is 1050 g/mol. The molecule has 0 amide bonds. The molecule has 1 unspecified atom stereocenters. The summed E-state index contributed by atoms with van der Waals surface area (Å²) in [5.74, 6) is -0.609. The monoisotopic (exact) mass is 1050 g/mol. The summed E-state index contributed by atoms with van der Waals surface area (Å²) in [4.78, 5) is 24.6. The Balaban J connectivity index is 3.55. The van der Waals surface area contributed by atoms with Crippen LogP contribution in [0.4, 0.5) is 0 Å². The molecular weight excluding hydrogens is 933 g/mol. The van der Waals surface area contributed by atoms with Gasteiger partial charge in [0.2, 0.25) is 0 Å². The maximum atomic E-state index is 12.3. The van der Waals surface area contributed by atoms with Crippen molar-refractivity contribution < 1.29 is 24.2 Å². The van der Waals surface area contributed by atoms with Crippen LogP contribution in [0.5, 0.6) is 0 Å². The van der Waals surface area contributed by atoms with Gasteiger partial charge in [0.05, 0.1) is 6.61 Å². The third-order valence-electron chi connectivity index (χ3n) is 12.8. The van der Waals surface area contributed by atoms with Crippen LogP contribution in [0.15, 0.2) is 158 Å². The zero-order valence-electron chi connectivity index (χ0n) is 49.0. The molecule has 0 aliphatic carbocycles. The molecule has 0 bridgehead atoms. The summed E-state index contributed by atoms with van der Waals surface area (Å²) in [6, 6.07) is 0. The Labute approximate surface area is 469 Å². The molecule has 0 aromatic rings. The second-order valence-electron chi connectivity index (χ2n) is 20.0. The summed E-state index contributed by atoms with van der Waals surface area (Å²) in [7, 11) is 0. The average Bonchev–Trinajstić information content (AvgIpc) is 3.42. The maximum absolute atomic E-state index is 12.3. The number of hydrogen-bond donors (Lipinski definition) is 1. The van der Waals surface area contributed by atoms with Crippen LogP contribution in [-0.4, -0.2) is 36.4 Å². The van der Waals surface area contributed by atoms with E-state index < -0.39 is 6.10 Å².